The monoisotopic (exact) mass is 347 g/mol. The second-order valence-electron chi connectivity index (χ2n) is 4.67. The maximum atomic E-state index is 6.32. The maximum Gasteiger partial charge on any atom is 0.0995 e. The van der Waals surface area contributed by atoms with Gasteiger partial charge in [0.2, 0.25) is 0 Å². The molecule has 0 spiro atoms. The van der Waals surface area contributed by atoms with Crippen LogP contribution in [0.15, 0.2) is 24.3 Å². The van der Waals surface area contributed by atoms with Crippen LogP contribution in [0.5, 0.6) is 0 Å². The molecule has 2 rings (SSSR count). The minimum atomic E-state index is 0.0184. The number of halogens is 3. The summed E-state index contributed by atoms with van der Waals surface area (Å²) in [6, 6.07) is 7.87. The molecule has 0 aliphatic rings. The van der Waals surface area contributed by atoms with Crippen molar-refractivity contribution in [2.24, 2.45) is 0 Å². The molecule has 1 aromatic heterocycles. The van der Waals surface area contributed by atoms with Crippen LogP contribution in [0.2, 0.25) is 13.7 Å². The highest BCUT2D eigenvalue weighted by Gasteiger charge is 2.20. The largest absolute Gasteiger partial charge is 0.306 e. The summed E-state index contributed by atoms with van der Waals surface area (Å²) < 4.78 is 1.43. The highest BCUT2D eigenvalue weighted by molar-refractivity contribution is 7.20. The molecular weight excluding hydrogens is 333 g/mol. The fourth-order valence-electron chi connectivity index (χ4n) is 2.15. The highest BCUT2D eigenvalue weighted by atomic mass is 35.5. The van der Waals surface area contributed by atoms with Crippen LogP contribution in [0, 0.1) is 6.92 Å². The minimum Gasteiger partial charge on any atom is -0.306 e. The number of rotatable bonds is 5. The van der Waals surface area contributed by atoms with Gasteiger partial charge in [-0.3, -0.25) is 0 Å². The average Bonchev–Trinajstić information content (AvgIpc) is 2.73. The summed E-state index contributed by atoms with van der Waals surface area (Å²) >= 11 is 19.9. The fourth-order valence-corrected chi connectivity index (χ4v) is 3.86. The van der Waals surface area contributed by atoms with Gasteiger partial charge in [0.25, 0.3) is 0 Å². The van der Waals surface area contributed by atoms with Gasteiger partial charge in [-0.05, 0) is 49.2 Å². The summed E-state index contributed by atoms with van der Waals surface area (Å²) in [4.78, 5) is 0. The molecule has 0 fully saturated rings. The zero-order valence-corrected chi connectivity index (χ0v) is 14.4. The van der Waals surface area contributed by atoms with Gasteiger partial charge >= 0.3 is 0 Å². The van der Waals surface area contributed by atoms with Crippen LogP contribution in [0.4, 0.5) is 0 Å². The second kappa shape index (κ2) is 7.15. The third-order valence-corrected chi connectivity index (χ3v) is 4.90. The summed E-state index contributed by atoms with van der Waals surface area (Å²) in [7, 11) is 0. The molecule has 0 aliphatic carbocycles. The second-order valence-corrected chi connectivity index (χ2v) is 7.39. The number of thiophene rings is 1. The molecule has 20 heavy (non-hydrogen) atoms. The summed E-state index contributed by atoms with van der Waals surface area (Å²) in [6.07, 6.45) is 1.05. The lowest BCUT2D eigenvalue weighted by Gasteiger charge is -2.21. The van der Waals surface area contributed by atoms with Crippen LogP contribution in [0.1, 0.15) is 36.1 Å². The molecule has 1 aromatic carbocycles. The molecule has 0 saturated carbocycles. The maximum absolute atomic E-state index is 6.32. The molecule has 0 bridgehead atoms. The lowest BCUT2D eigenvalue weighted by atomic mass is 9.96. The standard InChI is InChI=1S/C15H16Cl3NS/c1-3-6-19-14(12-8-13(17)20-15(12)18)11-7-10(16)5-4-9(11)2/h4-5,7-8,14,19H,3,6H2,1-2H3. The van der Waals surface area contributed by atoms with Crippen LogP contribution < -0.4 is 5.32 Å². The van der Waals surface area contributed by atoms with E-state index in [4.69, 9.17) is 34.8 Å². The molecule has 2 aromatic rings. The Morgan fingerprint density at radius 3 is 2.50 bits per heavy atom. The van der Waals surface area contributed by atoms with Gasteiger partial charge in [0, 0.05) is 10.6 Å². The van der Waals surface area contributed by atoms with Crippen LogP contribution in [-0.4, -0.2) is 6.54 Å². The summed E-state index contributed by atoms with van der Waals surface area (Å²) in [5, 5.41) is 4.26. The molecule has 1 heterocycles. The van der Waals surface area contributed by atoms with Gasteiger partial charge in [0.05, 0.1) is 14.7 Å². The predicted octanol–water partition coefficient (Wildman–Crippen LogP) is 6.11. The summed E-state index contributed by atoms with van der Waals surface area (Å²) in [5.41, 5.74) is 3.34. The molecule has 1 N–H and O–H groups in total. The smallest absolute Gasteiger partial charge is 0.0995 e. The van der Waals surface area contributed by atoms with E-state index >= 15 is 0 Å². The molecule has 0 aliphatic heterocycles. The van der Waals surface area contributed by atoms with E-state index in [1.54, 1.807) is 0 Å². The highest BCUT2D eigenvalue weighted by Crippen LogP contribution is 2.38. The number of aryl methyl sites for hydroxylation is 1. The number of hydrogen-bond acceptors (Lipinski definition) is 2. The van der Waals surface area contributed by atoms with E-state index in [0.29, 0.717) is 4.34 Å². The van der Waals surface area contributed by atoms with Crippen molar-refractivity contribution in [2.45, 2.75) is 26.3 Å². The fraction of sp³-hybridized carbons (Fsp3) is 0.333. The molecular formula is C15H16Cl3NS. The first-order chi connectivity index (χ1) is 9.52. The Morgan fingerprint density at radius 1 is 1.15 bits per heavy atom. The Morgan fingerprint density at radius 2 is 1.90 bits per heavy atom. The topological polar surface area (TPSA) is 12.0 Å². The van der Waals surface area contributed by atoms with Gasteiger partial charge in [0.1, 0.15) is 0 Å². The SMILES string of the molecule is CCCNC(c1cc(Cl)ccc1C)c1cc(Cl)sc1Cl. The van der Waals surface area contributed by atoms with E-state index in [0.717, 1.165) is 33.5 Å². The summed E-state index contributed by atoms with van der Waals surface area (Å²) in [6.45, 7) is 5.12. The van der Waals surface area contributed by atoms with Gasteiger partial charge in [0.15, 0.2) is 0 Å². The quantitative estimate of drug-likeness (QED) is 0.687. The lowest BCUT2D eigenvalue weighted by molar-refractivity contribution is 0.598. The van der Waals surface area contributed by atoms with Crippen molar-refractivity contribution in [3.63, 3.8) is 0 Å². The van der Waals surface area contributed by atoms with Crippen molar-refractivity contribution in [3.05, 3.63) is 54.7 Å². The molecule has 1 unspecified atom stereocenters. The lowest BCUT2D eigenvalue weighted by Crippen LogP contribution is -2.23. The number of nitrogens with one attached hydrogen (secondary N) is 1. The van der Waals surface area contributed by atoms with Crippen molar-refractivity contribution < 1.29 is 0 Å². The molecule has 1 atom stereocenters. The Bertz CT molecular complexity index is 595. The summed E-state index contributed by atoms with van der Waals surface area (Å²) in [5.74, 6) is 0. The van der Waals surface area contributed by atoms with Gasteiger partial charge in [-0.1, -0.05) is 47.8 Å². The van der Waals surface area contributed by atoms with Crippen molar-refractivity contribution in [1.82, 2.24) is 5.32 Å². The van der Waals surface area contributed by atoms with Gasteiger partial charge in [-0.15, -0.1) is 11.3 Å². The van der Waals surface area contributed by atoms with E-state index in [2.05, 4.69) is 19.2 Å². The first-order valence-corrected chi connectivity index (χ1v) is 8.42. The van der Waals surface area contributed by atoms with Crippen LogP contribution in [0.3, 0.4) is 0 Å². The van der Waals surface area contributed by atoms with Crippen molar-refractivity contribution in [2.75, 3.05) is 6.54 Å². The third kappa shape index (κ3) is 3.69. The van der Waals surface area contributed by atoms with Gasteiger partial charge in [-0.25, -0.2) is 0 Å². The minimum absolute atomic E-state index is 0.0184. The first kappa shape index (κ1) is 16.1. The zero-order valence-electron chi connectivity index (χ0n) is 11.3. The number of benzene rings is 1. The van der Waals surface area contributed by atoms with E-state index in [9.17, 15) is 0 Å². The van der Waals surface area contributed by atoms with Crippen molar-refractivity contribution in [3.8, 4) is 0 Å². The van der Waals surface area contributed by atoms with E-state index in [-0.39, 0.29) is 6.04 Å². The molecule has 0 amide bonds. The van der Waals surface area contributed by atoms with Gasteiger partial charge in [-0.2, -0.15) is 0 Å². The molecule has 1 nitrogen and oxygen atoms in total. The van der Waals surface area contributed by atoms with E-state index < -0.39 is 0 Å². The average molecular weight is 349 g/mol. The number of hydrogen-bond donors (Lipinski definition) is 1. The third-order valence-electron chi connectivity index (χ3n) is 3.14. The Hall–Kier alpha value is -0.250. The van der Waals surface area contributed by atoms with Crippen LogP contribution in [-0.2, 0) is 0 Å². The Labute approximate surface area is 138 Å². The van der Waals surface area contributed by atoms with Crippen LogP contribution in [0.25, 0.3) is 0 Å². The Balaban J connectivity index is 2.46. The molecule has 5 heteroatoms. The van der Waals surface area contributed by atoms with Crippen molar-refractivity contribution in [1.29, 1.82) is 0 Å². The zero-order chi connectivity index (χ0) is 14.7. The normalized spacial score (nSPS) is 12.7. The van der Waals surface area contributed by atoms with Gasteiger partial charge < -0.3 is 5.32 Å². The first-order valence-electron chi connectivity index (χ1n) is 6.47. The molecule has 0 saturated heterocycles. The van der Waals surface area contributed by atoms with E-state index in [1.165, 1.54) is 16.9 Å². The van der Waals surface area contributed by atoms with Crippen molar-refractivity contribution >= 4 is 46.1 Å². The Kier molecular flexibility index (Phi) is 5.76. The molecule has 0 radical (unpaired) electrons. The van der Waals surface area contributed by atoms with Crippen LogP contribution >= 0.6 is 46.1 Å². The molecule has 108 valence electrons. The van der Waals surface area contributed by atoms with E-state index in [1.807, 2.05) is 24.3 Å². The predicted molar refractivity (Wildman–Crippen MR) is 90.7 cm³/mol.